The highest BCUT2D eigenvalue weighted by molar-refractivity contribution is 5.91. The highest BCUT2D eigenvalue weighted by atomic mass is 19.1. The van der Waals surface area contributed by atoms with Gasteiger partial charge >= 0.3 is 0 Å². The summed E-state index contributed by atoms with van der Waals surface area (Å²) in [6.45, 7) is 0.870. The number of carbonyl (C=O) groups excluding carboxylic acids is 1. The van der Waals surface area contributed by atoms with Gasteiger partial charge < -0.3 is 10.6 Å². The maximum Gasteiger partial charge on any atom is 0.271 e. The molecule has 1 heterocycles. The third-order valence-corrected chi connectivity index (χ3v) is 4.07. The fourth-order valence-corrected chi connectivity index (χ4v) is 2.59. The van der Waals surface area contributed by atoms with E-state index in [1.165, 1.54) is 24.0 Å². The van der Waals surface area contributed by atoms with E-state index in [-0.39, 0.29) is 17.4 Å². The Morgan fingerprint density at radius 3 is 2.48 bits per heavy atom. The van der Waals surface area contributed by atoms with E-state index in [4.69, 9.17) is 0 Å². The Bertz CT molecular complexity index is 869. The number of rotatable bonds is 8. The van der Waals surface area contributed by atoms with Crippen molar-refractivity contribution in [3.8, 4) is 0 Å². The van der Waals surface area contributed by atoms with Crippen LogP contribution in [0.4, 0.5) is 10.2 Å². The van der Waals surface area contributed by atoms with E-state index in [1.807, 2.05) is 18.2 Å². The van der Waals surface area contributed by atoms with E-state index >= 15 is 0 Å². The molecule has 3 rings (SSSR count). The molecule has 0 radical (unpaired) electrons. The van der Waals surface area contributed by atoms with Crippen LogP contribution in [-0.4, -0.2) is 22.4 Å². The second kappa shape index (κ2) is 9.43. The molecule has 6 heteroatoms. The molecule has 138 valence electrons. The summed E-state index contributed by atoms with van der Waals surface area (Å²) in [6, 6.07) is 16.7. The summed E-state index contributed by atoms with van der Waals surface area (Å²) >= 11 is 0. The van der Waals surface area contributed by atoms with Crippen LogP contribution in [0.1, 0.15) is 28.0 Å². The number of aromatic nitrogens is 2. The Labute approximate surface area is 157 Å². The van der Waals surface area contributed by atoms with Crippen molar-refractivity contribution in [2.24, 2.45) is 0 Å². The summed E-state index contributed by atoms with van der Waals surface area (Å²) in [7, 11) is 0. The van der Waals surface area contributed by atoms with Crippen molar-refractivity contribution < 1.29 is 9.18 Å². The van der Waals surface area contributed by atoms with Gasteiger partial charge in [0.2, 0.25) is 0 Å². The number of nitrogens with one attached hydrogen (secondary N) is 2. The monoisotopic (exact) mass is 364 g/mol. The van der Waals surface area contributed by atoms with Crippen LogP contribution in [0.5, 0.6) is 0 Å². The van der Waals surface area contributed by atoms with Crippen LogP contribution in [0.2, 0.25) is 0 Å². The van der Waals surface area contributed by atoms with Gasteiger partial charge in [-0.2, -0.15) is 0 Å². The predicted molar refractivity (Wildman–Crippen MR) is 103 cm³/mol. The standard InChI is InChI=1S/C21H21FN4O/c22-18-11-5-4-10-17(18)13-25-20-15-24-19(14-26-20)21(27)23-12-6-9-16-7-2-1-3-8-16/h1-5,7-8,10-11,14-15H,6,9,12-13H2,(H,23,27)(H,25,26). The summed E-state index contributed by atoms with van der Waals surface area (Å²) in [5.41, 5.74) is 2.04. The Morgan fingerprint density at radius 1 is 0.963 bits per heavy atom. The molecule has 2 aromatic carbocycles. The summed E-state index contributed by atoms with van der Waals surface area (Å²) in [5, 5.41) is 5.84. The zero-order valence-corrected chi connectivity index (χ0v) is 14.9. The number of anilines is 1. The fourth-order valence-electron chi connectivity index (χ4n) is 2.59. The molecule has 2 N–H and O–H groups in total. The van der Waals surface area contributed by atoms with Gasteiger partial charge in [0.05, 0.1) is 12.4 Å². The van der Waals surface area contributed by atoms with Crippen molar-refractivity contribution in [1.82, 2.24) is 15.3 Å². The summed E-state index contributed by atoms with van der Waals surface area (Å²) in [4.78, 5) is 20.4. The van der Waals surface area contributed by atoms with Gasteiger partial charge in [0.15, 0.2) is 0 Å². The maximum absolute atomic E-state index is 13.6. The van der Waals surface area contributed by atoms with E-state index in [9.17, 15) is 9.18 Å². The van der Waals surface area contributed by atoms with E-state index in [1.54, 1.807) is 18.2 Å². The lowest BCUT2D eigenvalue weighted by Gasteiger charge is -2.08. The van der Waals surface area contributed by atoms with Crippen LogP contribution in [0.3, 0.4) is 0 Å². The Balaban J connectivity index is 1.43. The van der Waals surface area contributed by atoms with Gasteiger partial charge in [0, 0.05) is 18.7 Å². The van der Waals surface area contributed by atoms with Crippen LogP contribution >= 0.6 is 0 Å². The largest absolute Gasteiger partial charge is 0.365 e. The number of hydrogen-bond acceptors (Lipinski definition) is 4. The van der Waals surface area contributed by atoms with Crippen LogP contribution in [0.25, 0.3) is 0 Å². The number of aryl methyl sites for hydroxylation is 1. The van der Waals surface area contributed by atoms with Crippen LogP contribution in [-0.2, 0) is 13.0 Å². The maximum atomic E-state index is 13.6. The summed E-state index contributed by atoms with van der Waals surface area (Å²) in [6.07, 6.45) is 4.65. The number of nitrogens with zero attached hydrogens (tertiary/aromatic N) is 2. The number of benzene rings is 2. The van der Waals surface area contributed by atoms with Gasteiger partial charge in [-0.25, -0.2) is 14.4 Å². The number of hydrogen-bond donors (Lipinski definition) is 2. The van der Waals surface area contributed by atoms with Crippen molar-refractivity contribution >= 4 is 11.7 Å². The molecule has 27 heavy (non-hydrogen) atoms. The average Bonchev–Trinajstić information content (AvgIpc) is 2.72. The van der Waals surface area contributed by atoms with Crippen molar-refractivity contribution in [3.05, 3.63) is 89.6 Å². The molecule has 0 fully saturated rings. The minimum atomic E-state index is -0.274. The predicted octanol–water partition coefficient (Wildman–Crippen LogP) is 3.59. The van der Waals surface area contributed by atoms with Gasteiger partial charge in [-0.1, -0.05) is 48.5 Å². The fraction of sp³-hybridized carbons (Fsp3) is 0.190. The zero-order valence-electron chi connectivity index (χ0n) is 14.9. The zero-order chi connectivity index (χ0) is 18.9. The van der Waals surface area contributed by atoms with Gasteiger partial charge in [-0.05, 0) is 24.5 Å². The van der Waals surface area contributed by atoms with Crippen molar-refractivity contribution in [1.29, 1.82) is 0 Å². The van der Waals surface area contributed by atoms with Crippen molar-refractivity contribution in [2.45, 2.75) is 19.4 Å². The first-order valence-corrected chi connectivity index (χ1v) is 8.84. The molecule has 0 atom stereocenters. The third kappa shape index (κ3) is 5.60. The summed E-state index contributed by atoms with van der Waals surface area (Å²) < 4.78 is 13.6. The quantitative estimate of drug-likeness (QED) is 0.600. The first-order valence-electron chi connectivity index (χ1n) is 8.84. The molecule has 3 aromatic rings. The molecule has 1 aromatic heterocycles. The molecule has 0 aliphatic rings. The SMILES string of the molecule is O=C(NCCCc1ccccc1)c1cnc(NCc2ccccc2F)cn1. The molecular weight excluding hydrogens is 343 g/mol. The number of halogens is 1. The van der Waals surface area contributed by atoms with Crippen molar-refractivity contribution in [2.75, 3.05) is 11.9 Å². The number of carbonyl (C=O) groups is 1. The molecule has 0 bridgehead atoms. The minimum absolute atomic E-state index is 0.254. The second-order valence-corrected chi connectivity index (χ2v) is 6.08. The lowest BCUT2D eigenvalue weighted by atomic mass is 10.1. The first kappa shape index (κ1) is 18.5. The topological polar surface area (TPSA) is 66.9 Å². The van der Waals surface area contributed by atoms with Crippen LogP contribution in [0, 0.1) is 5.82 Å². The first-order chi connectivity index (χ1) is 13.2. The smallest absolute Gasteiger partial charge is 0.271 e. The molecule has 0 saturated carbocycles. The Hall–Kier alpha value is -3.28. The summed E-state index contributed by atoms with van der Waals surface area (Å²) in [5.74, 6) is -0.0421. The molecule has 0 aliphatic heterocycles. The van der Waals surface area contributed by atoms with Gasteiger partial charge in [-0.3, -0.25) is 4.79 Å². The molecular formula is C21H21FN4O. The molecule has 0 aliphatic carbocycles. The Kier molecular flexibility index (Phi) is 6.46. The molecule has 0 unspecified atom stereocenters. The minimum Gasteiger partial charge on any atom is -0.365 e. The lowest BCUT2D eigenvalue weighted by Crippen LogP contribution is -2.25. The van der Waals surface area contributed by atoms with Crippen molar-refractivity contribution in [3.63, 3.8) is 0 Å². The second-order valence-electron chi connectivity index (χ2n) is 6.08. The molecule has 0 spiro atoms. The lowest BCUT2D eigenvalue weighted by molar-refractivity contribution is 0.0948. The molecule has 1 amide bonds. The van der Waals surface area contributed by atoms with E-state index in [0.717, 1.165) is 12.8 Å². The third-order valence-electron chi connectivity index (χ3n) is 4.07. The molecule has 5 nitrogen and oxygen atoms in total. The van der Waals surface area contributed by atoms with E-state index in [0.29, 0.717) is 24.5 Å². The Morgan fingerprint density at radius 2 is 1.74 bits per heavy atom. The molecule has 0 saturated heterocycles. The van der Waals surface area contributed by atoms with Crippen LogP contribution < -0.4 is 10.6 Å². The highest BCUT2D eigenvalue weighted by Crippen LogP contribution is 2.09. The average molecular weight is 364 g/mol. The highest BCUT2D eigenvalue weighted by Gasteiger charge is 2.08. The number of amides is 1. The van der Waals surface area contributed by atoms with Gasteiger partial charge in [0.25, 0.3) is 5.91 Å². The van der Waals surface area contributed by atoms with Gasteiger partial charge in [0.1, 0.15) is 17.3 Å². The van der Waals surface area contributed by atoms with E-state index in [2.05, 4.69) is 32.7 Å². The van der Waals surface area contributed by atoms with Gasteiger partial charge in [-0.15, -0.1) is 0 Å². The normalized spacial score (nSPS) is 10.4. The van der Waals surface area contributed by atoms with E-state index < -0.39 is 0 Å². The van der Waals surface area contributed by atoms with Crippen LogP contribution in [0.15, 0.2) is 67.0 Å².